The summed E-state index contributed by atoms with van der Waals surface area (Å²) in [6.45, 7) is 8.24. The Labute approximate surface area is 162 Å². The highest BCUT2D eigenvalue weighted by Crippen LogP contribution is 2.29. The standard InChI is InChI=1S/C22H30N4O/c1-15-23-19(14-20(24-15)25-16-10-6-5-7-11-16)21(27)26-18-13-9-8-12-17(18)22(2,3)4/h8-9,12-14,16H,5-7,10-11H2,1-4H3,(H,26,27)(H,23,24,25). The number of carbonyl (C=O) groups is 1. The van der Waals surface area contributed by atoms with E-state index in [9.17, 15) is 4.79 Å². The molecule has 0 atom stereocenters. The van der Waals surface area contributed by atoms with E-state index < -0.39 is 0 Å². The average molecular weight is 367 g/mol. The van der Waals surface area contributed by atoms with Gasteiger partial charge in [-0.1, -0.05) is 58.2 Å². The first-order valence-corrected chi connectivity index (χ1v) is 9.86. The van der Waals surface area contributed by atoms with E-state index in [-0.39, 0.29) is 11.3 Å². The number of anilines is 2. The van der Waals surface area contributed by atoms with Crippen molar-refractivity contribution >= 4 is 17.4 Å². The second-order valence-corrected chi connectivity index (χ2v) is 8.41. The SMILES string of the molecule is Cc1nc(NC2CCCCC2)cc(C(=O)Nc2ccccc2C(C)(C)C)n1. The predicted molar refractivity (Wildman–Crippen MR) is 110 cm³/mol. The summed E-state index contributed by atoms with van der Waals surface area (Å²) in [7, 11) is 0. The predicted octanol–water partition coefficient (Wildman–Crippen LogP) is 5.08. The summed E-state index contributed by atoms with van der Waals surface area (Å²) >= 11 is 0. The van der Waals surface area contributed by atoms with Crippen LogP contribution in [0.3, 0.4) is 0 Å². The van der Waals surface area contributed by atoms with E-state index >= 15 is 0 Å². The first kappa shape index (κ1) is 19.3. The molecule has 5 nitrogen and oxygen atoms in total. The summed E-state index contributed by atoms with van der Waals surface area (Å²) in [6.07, 6.45) is 6.12. The zero-order chi connectivity index (χ0) is 19.4. The number of hydrogen-bond acceptors (Lipinski definition) is 4. The number of amides is 1. The molecule has 1 amide bonds. The molecule has 0 saturated heterocycles. The topological polar surface area (TPSA) is 66.9 Å². The van der Waals surface area contributed by atoms with E-state index in [2.05, 4.69) is 47.4 Å². The largest absolute Gasteiger partial charge is 0.367 e. The molecule has 0 bridgehead atoms. The number of benzene rings is 1. The summed E-state index contributed by atoms with van der Waals surface area (Å²) in [4.78, 5) is 21.7. The third-order valence-electron chi connectivity index (χ3n) is 5.01. The molecule has 0 radical (unpaired) electrons. The Bertz CT molecular complexity index is 804. The maximum absolute atomic E-state index is 12.9. The second-order valence-electron chi connectivity index (χ2n) is 8.41. The number of aryl methyl sites for hydroxylation is 1. The molecule has 0 spiro atoms. The highest BCUT2D eigenvalue weighted by molar-refractivity contribution is 6.03. The van der Waals surface area contributed by atoms with Crippen molar-refractivity contribution in [2.75, 3.05) is 10.6 Å². The monoisotopic (exact) mass is 366 g/mol. The number of aromatic nitrogens is 2. The molecule has 0 aliphatic heterocycles. The Morgan fingerprint density at radius 1 is 1.07 bits per heavy atom. The van der Waals surface area contributed by atoms with E-state index in [0.29, 0.717) is 17.6 Å². The fourth-order valence-electron chi connectivity index (χ4n) is 3.65. The van der Waals surface area contributed by atoms with Crippen LogP contribution in [0.25, 0.3) is 0 Å². The highest BCUT2D eigenvalue weighted by Gasteiger charge is 2.20. The van der Waals surface area contributed by atoms with Gasteiger partial charge in [-0.25, -0.2) is 9.97 Å². The summed E-state index contributed by atoms with van der Waals surface area (Å²) in [5.74, 6) is 1.14. The van der Waals surface area contributed by atoms with Crippen LogP contribution in [0.15, 0.2) is 30.3 Å². The lowest BCUT2D eigenvalue weighted by Crippen LogP contribution is -2.24. The van der Waals surface area contributed by atoms with Crippen molar-refractivity contribution in [1.82, 2.24) is 9.97 Å². The van der Waals surface area contributed by atoms with Crippen molar-refractivity contribution in [3.8, 4) is 0 Å². The van der Waals surface area contributed by atoms with Crippen LogP contribution in [0.5, 0.6) is 0 Å². The molecule has 3 rings (SSSR count). The van der Waals surface area contributed by atoms with Gasteiger partial charge in [-0.05, 0) is 36.8 Å². The Balaban J connectivity index is 1.79. The molecule has 1 fully saturated rings. The van der Waals surface area contributed by atoms with Crippen LogP contribution < -0.4 is 10.6 Å². The van der Waals surface area contributed by atoms with Gasteiger partial charge in [0, 0.05) is 17.8 Å². The first-order valence-electron chi connectivity index (χ1n) is 9.86. The third kappa shape index (κ3) is 5.06. The number of para-hydroxylation sites is 1. The molecule has 2 N–H and O–H groups in total. The zero-order valence-corrected chi connectivity index (χ0v) is 16.8. The molecule has 1 aliphatic carbocycles. The molecule has 1 saturated carbocycles. The molecule has 0 unspecified atom stereocenters. The van der Waals surface area contributed by atoms with E-state index in [0.717, 1.165) is 29.9 Å². The van der Waals surface area contributed by atoms with E-state index in [4.69, 9.17) is 0 Å². The smallest absolute Gasteiger partial charge is 0.274 e. The number of nitrogens with one attached hydrogen (secondary N) is 2. The number of hydrogen-bond donors (Lipinski definition) is 2. The van der Waals surface area contributed by atoms with Crippen LogP contribution in [0, 0.1) is 6.92 Å². The molecule has 1 heterocycles. The molecular formula is C22H30N4O. The van der Waals surface area contributed by atoms with E-state index in [1.165, 1.54) is 19.3 Å². The van der Waals surface area contributed by atoms with Crippen molar-refractivity contribution in [1.29, 1.82) is 0 Å². The van der Waals surface area contributed by atoms with Gasteiger partial charge in [0.15, 0.2) is 0 Å². The van der Waals surface area contributed by atoms with Crippen molar-refractivity contribution in [3.63, 3.8) is 0 Å². The second kappa shape index (κ2) is 8.07. The maximum Gasteiger partial charge on any atom is 0.274 e. The quantitative estimate of drug-likeness (QED) is 0.792. The Hall–Kier alpha value is -2.43. The molecule has 5 heteroatoms. The van der Waals surface area contributed by atoms with Gasteiger partial charge >= 0.3 is 0 Å². The van der Waals surface area contributed by atoms with Crippen molar-refractivity contribution in [3.05, 3.63) is 47.4 Å². The number of nitrogens with zero attached hydrogens (tertiary/aromatic N) is 2. The Kier molecular flexibility index (Phi) is 5.78. The van der Waals surface area contributed by atoms with Crippen LogP contribution in [0.1, 0.15) is 74.8 Å². The molecular weight excluding hydrogens is 336 g/mol. The molecule has 144 valence electrons. The Morgan fingerprint density at radius 2 is 1.78 bits per heavy atom. The van der Waals surface area contributed by atoms with Gasteiger partial charge in [0.05, 0.1) is 0 Å². The van der Waals surface area contributed by atoms with Gasteiger partial charge in [0.1, 0.15) is 17.3 Å². The Morgan fingerprint density at radius 3 is 2.48 bits per heavy atom. The van der Waals surface area contributed by atoms with Crippen molar-refractivity contribution in [2.45, 2.75) is 71.3 Å². The summed E-state index contributed by atoms with van der Waals surface area (Å²) < 4.78 is 0. The molecule has 1 aromatic heterocycles. The van der Waals surface area contributed by atoms with Gasteiger partial charge in [0.2, 0.25) is 0 Å². The first-order chi connectivity index (χ1) is 12.8. The minimum absolute atomic E-state index is 0.0564. The summed E-state index contributed by atoms with van der Waals surface area (Å²) in [5, 5.41) is 6.52. The van der Waals surface area contributed by atoms with Gasteiger partial charge in [0.25, 0.3) is 5.91 Å². The number of rotatable bonds is 4. The maximum atomic E-state index is 12.9. The minimum Gasteiger partial charge on any atom is -0.367 e. The van der Waals surface area contributed by atoms with Gasteiger partial charge < -0.3 is 10.6 Å². The van der Waals surface area contributed by atoms with Gasteiger partial charge in [-0.2, -0.15) is 0 Å². The summed E-state index contributed by atoms with van der Waals surface area (Å²) in [6, 6.07) is 10.1. The van der Waals surface area contributed by atoms with E-state index in [1.54, 1.807) is 6.07 Å². The lowest BCUT2D eigenvalue weighted by Gasteiger charge is -2.24. The summed E-state index contributed by atoms with van der Waals surface area (Å²) in [5.41, 5.74) is 2.27. The minimum atomic E-state index is -0.205. The number of carbonyl (C=O) groups excluding carboxylic acids is 1. The van der Waals surface area contributed by atoms with Crippen molar-refractivity contribution in [2.24, 2.45) is 0 Å². The lowest BCUT2D eigenvalue weighted by atomic mass is 9.86. The lowest BCUT2D eigenvalue weighted by molar-refractivity contribution is 0.102. The fourth-order valence-corrected chi connectivity index (χ4v) is 3.65. The highest BCUT2D eigenvalue weighted by atomic mass is 16.1. The third-order valence-corrected chi connectivity index (χ3v) is 5.01. The van der Waals surface area contributed by atoms with Crippen LogP contribution >= 0.6 is 0 Å². The normalized spacial score (nSPS) is 15.4. The van der Waals surface area contributed by atoms with Crippen molar-refractivity contribution < 1.29 is 4.79 Å². The van der Waals surface area contributed by atoms with Gasteiger partial charge in [-0.3, -0.25) is 4.79 Å². The van der Waals surface area contributed by atoms with Crippen LogP contribution in [0.4, 0.5) is 11.5 Å². The van der Waals surface area contributed by atoms with E-state index in [1.807, 2.05) is 25.1 Å². The average Bonchev–Trinajstić information content (AvgIpc) is 2.61. The molecule has 1 aromatic carbocycles. The van der Waals surface area contributed by atoms with Crippen LogP contribution in [-0.4, -0.2) is 21.9 Å². The zero-order valence-electron chi connectivity index (χ0n) is 16.8. The molecule has 1 aliphatic rings. The molecule has 27 heavy (non-hydrogen) atoms. The fraction of sp³-hybridized carbons (Fsp3) is 0.500. The van der Waals surface area contributed by atoms with Gasteiger partial charge in [-0.15, -0.1) is 0 Å². The molecule has 2 aromatic rings. The van der Waals surface area contributed by atoms with Crippen LogP contribution in [0.2, 0.25) is 0 Å². The van der Waals surface area contributed by atoms with Crippen LogP contribution in [-0.2, 0) is 5.41 Å².